The lowest BCUT2D eigenvalue weighted by Crippen LogP contribution is -2.33. The molecule has 0 bridgehead atoms. The number of nitrogens with zero attached hydrogens (tertiary/aromatic N) is 3. The first-order chi connectivity index (χ1) is 14.4. The summed E-state index contributed by atoms with van der Waals surface area (Å²) in [5.74, 6) is -0.385. The van der Waals surface area contributed by atoms with Crippen LogP contribution in [0.4, 0.5) is 18.9 Å². The molecule has 3 heterocycles. The van der Waals surface area contributed by atoms with Crippen LogP contribution in [-0.4, -0.2) is 40.4 Å². The molecule has 1 amide bonds. The van der Waals surface area contributed by atoms with Gasteiger partial charge in [0, 0.05) is 25.0 Å². The lowest BCUT2D eigenvalue weighted by molar-refractivity contribution is -0.141. The molecule has 1 aliphatic rings. The average Bonchev–Trinajstić information content (AvgIpc) is 3.25. The molecule has 0 aliphatic carbocycles. The number of morpholine rings is 1. The first kappa shape index (κ1) is 22.7. The molecule has 164 valence electrons. The number of hydrogen-bond donors (Lipinski definition) is 2. The van der Waals surface area contributed by atoms with E-state index in [1.165, 1.54) is 23.1 Å². The zero-order valence-corrected chi connectivity index (χ0v) is 16.9. The molecule has 3 aromatic rings. The van der Waals surface area contributed by atoms with Gasteiger partial charge in [0.1, 0.15) is 5.69 Å². The number of carbonyl (C=O) groups is 1. The topological polar surface area (TPSA) is 81.1 Å². The molecule has 1 aromatic carbocycles. The van der Waals surface area contributed by atoms with E-state index in [9.17, 15) is 18.0 Å². The molecule has 1 saturated heterocycles. The smallest absolute Gasteiger partial charge is 0.371 e. The molecule has 2 N–H and O–H groups in total. The van der Waals surface area contributed by atoms with E-state index in [1.54, 1.807) is 12.1 Å². The van der Waals surface area contributed by atoms with Crippen LogP contribution in [0.15, 0.2) is 55.0 Å². The van der Waals surface area contributed by atoms with E-state index in [4.69, 9.17) is 4.74 Å². The quantitative estimate of drug-likeness (QED) is 0.630. The van der Waals surface area contributed by atoms with E-state index in [0.717, 1.165) is 30.9 Å². The van der Waals surface area contributed by atoms with Crippen LogP contribution in [0, 0.1) is 0 Å². The summed E-state index contributed by atoms with van der Waals surface area (Å²) < 4.78 is 44.9. The summed E-state index contributed by atoms with van der Waals surface area (Å²) in [6.45, 7) is 2.23. The summed E-state index contributed by atoms with van der Waals surface area (Å²) in [6.07, 6.45) is -0.709. The Kier molecular flexibility index (Phi) is 6.94. The number of pyridine rings is 1. The maximum atomic E-state index is 12.6. The molecule has 1 aliphatic heterocycles. The van der Waals surface area contributed by atoms with Crippen molar-refractivity contribution >= 4 is 24.0 Å². The molecular weight excluding hydrogens is 435 g/mol. The fraction of sp³-hybridized carbons (Fsp3) is 0.250. The molecule has 0 saturated carbocycles. The SMILES string of the molecule is Cl.O=C(Nc1ccc([C@H]2CNCCO2)cc1)c1cnn(-c2ccc(C(F)(F)F)nc2)c1. The normalized spacial score (nSPS) is 16.4. The van der Waals surface area contributed by atoms with Gasteiger partial charge in [-0.25, -0.2) is 9.67 Å². The van der Waals surface area contributed by atoms with E-state index in [2.05, 4.69) is 20.7 Å². The Hall–Kier alpha value is -2.95. The maximum absolute atomic E-state index is 12.6. The number of alkyl halides is 3. The highest BCUT2D eigenvalue weighted by atomic mass is 35.5. The van der Waals surface area contributed by atoms with Gasteiger partial charge in [0.05, 0.1) is 36.4 Å². The average molecular weight is 454 g/mol. The van der Waals surface area contributed by atoms with Gasteiger partial charge in [0.2, 0.25) is 0 Å². The number of ether oxygens (including phenoxy) is 1. The van der Waals surface area contributed by atoms with Crippen molar-refractivity contribution < 1.29 is 22.7 Å². The first-order valence-electron chi connectivity index (χ1n) is 9.22. The van der Waals surface area contributed by atoms with Crippen LogP contribution in [0.2, 0.25) is 0 Å². The molecule has 1 atom stereocenters. The van der Waals surface area contributed by atoms with Crippen molar-refractivity contribution in [3.8, 4) is 5.69 Å². The number of halogens is 4. The van der Waals surface area contributed by atoms with Gasteiger partial charge in [0.25, 0.3) is 5.91 Å². The predicted molar refractivity (Wildman–Crippen MR) is 110 cm³/mol. The van der Waals surface area contributed by atoms with Gasteiger partial charge in [-0.1, -0.05) is 12.1 Å². The molecule has 4 rings (SSSR count). The minimum Gasteiger partial charge on any atom is -0.371 e. The van der Waals surface area contributed by atoms with E-state index < -0.39 is 11.9 Å². The van der Waals surface area contributed by atoms with E-state index in [-0.39, 0.29) is 30.0 Å². The highest BCUT2D eigenvalue weighted by molar-refractivity contribution is 6.04. The van der Waals surface area contributed by atoms with Crippen LogP contribution in [-0.2, 0) is 10.9 Å². The number of carbonyl (C=O) groups excluding carboxylic acids is 1. The first-order valence-corrected chi connectivity index (χ1v) is 9.22. The van der Waals surface area contributed by atoms with Crippen molar-refractivity contribution in [2.75, 3.05) is 25.0 Å². The van der Waals surface area contributed by atoms with Crippen LogP contribution in [0.1, 0.15) is 27.7 Å². The summed E-state index contributed by atoms with van der Waals surface area (Å²) in [6, 6.07) is 9.47. The molecule has 1 fully saturated rings. The number of nitrogens with one attached hydrogen (secondary N) is 2. The molecule has 31 heavy (non-hydrogen) atoms. The summed E-state index contributed by atoms with van der Waals surface area (Å²) >= 11 is 0. The Morgan fingerprint density at radius 1 is 1.16 bits per heavy atom. The van der Waals surface area contributed by atoms with E-state index in [0.29, 0.717) is 18.0 Å². The molecule has 0 unspecified atom stereocenters. The fourth-order valence-corrected chi connectivity index (χ4v) is 3.03. The van der Waals surface area contributed by atoms with Crippen LogP contribution in [0.3, 0.4) is 0 Å². The Morgan fingerprint density at radius 2 is 1.94 bits per heavy atom. The molecule has 11 heteroatoms. The molecule has 0 spiro atoms. The second-order valence-corrected chi connectivity index (χ2v) is 6.71. The standard InChI is InChI=1S/C20H18F3N5O2.ClH/c21-20(22,23)18-6-5-16(10-25-18)28-12-14(9-26-28)19(29)27-15-3-1-13(2-4-15)17-11-24-7-8-30-17;/h1-6,9-10,12,17,24H,7-8,11H2,(H,27,29);1H/t17-;/m1./s1. The van der Waals surface area contributed by atoms with Crippen LogP contribution >= 0.6 is 12.4 Å². The molecule has 2 aromatic heterocycles. The van der Waals surface area contributed by atoms with Crippen LogP contribution in [0.5, 0.6) is 0 Å². The van der Waals surface area contributed by atoms with Crippen molar-refractivity contribution in [2.24, 2.45) is 0 Å². The second kappa shape index (κ2) is 9.46. The van der Waals surface area contributed by atoms with Gasteiger partial charge >= 0.3 is 6.18 Å². The van der Waals surface area contributed by atoms with Crippen molar-refractivity contribution in [1.82, 2.24) is 20.1 Å². The molecule has 7 nitrogen and oxygen atoms in total. The van der Waals surface area contributed by atoms with Gasteiger partial charge < -0.3 is 15.4 Å². The number of amides is 1. The van der Waals surface area contributed by atoms with Crippen molar-refractivity contribution in [1.29, 1.82) is 0 Å². The highest BCUT2D eigenvalue weighted by Crippen LogP contribution is 2.27. The Labute approximate surface area is 182 Å². The second-order valence-electron chi connectivity index (χ2n) is 6.71. The molecule has 0 radical (unpaired) electrons. The van der Waals surface area contributed by atoms with Crippen molar-refractivity contribution in [3.63, 3.8) is 0 Å². The number of rotatable bonds is 4. The third kappa shape index (κ3) is 5.40. The summed E-state index contributed by atoms with van der Waals surface area (Å²) in [5.41, 5.74) is 1.21. The predicted octanol–water partition coefficient (Wildman–Crippen LogP) is 3.62. The van der Waals surface area contributed by atoms with Crippen molar-refractivity contribution in [2.45, 2.75) is 12.3 Å². The minimum absolute atomic E-state index is 0. The van der Waals surface area contributed by atoms with E-state index in [1.807, 2.05) is 12.1 Å². The number of benzene rings is 1. The summed E-state index contributed by atoms with van der Waals surface area (Å²) in [4.78, 5) is 15.9. The van der Waals surface area contributed by atoms with Gasteiger partial charge in [-0.05, 0) is 29.8 Å². The minimum atomic E-state index is -4.51. The Bertz CT molecular complexity index is 1020. The van der Waals surface area contributed by atoms with Gasteiger partial charge in [0.15, 0.2) is 0 Å². The summed E-state index contributed by atoms with van der Waals surface area (Å²) in [7, 11) is 0. The van der Waals surface area contributed by atoms with Gasteiger partial charge in [-0.2, -0.15) is 18.3 Å². The lowest BCUT2D eigenvalue weighted by Gasteiger charge is -2.24. The maximum Gasteiger partial charge on any atom is 0.433 e. The third-order valence-corrected chi connectivity index (χ3v) is 4.62. The third-order valence-electron chi connectivity index (χ3n) is 4.62. The fourth-order valence-electron chi connectivity index (χ4n) is 3.03. The zero-order valence-electron chi connectivity index (χ0n) is 16.1. The molecular formula is C20H19ClF3N5O2. The van der Waals surface area contributed by atoms with Crippen molar-refractivity contribution in [3.05, 3.63) is 71.8 Å². The monoisotopic (exact) mass is 453 g/mol. The van der Waals surface area contributed by atoms with Gasteiger partial charge in [-0.15, -0.1) is 12.4 Å². The number of hydrogen-bond acceptors (Lipinski definition) is 5. The largest absolute Gasteiger partial charge is 0.433 e. The highest BCUT2D eigenvalue weighted by Gasteiger charge is 2.32. The van der Waals surface area contributed by atoms with Crippen LogP contribution in [0.25, 0.3) is 5.69 Å². The van der Waals surface area contributed by atoms with Crippen LogP contribution < -0.4 is 10.6 Å². The Morgan fingerprint density at radius 3 is 2.55 bits per heavy atom. The lowest BCUT2D eigenvalue weighted by atomic mass is 10.1. The van der Waals surface area contributed by atoms with E-state index >= 15 is 0 Å². The Balaban J connectivity index is 0.00000272. The zero-order chi connectivity index (χ0) is 21.1. The number of anilines is 1. The summed E-state index contributed by atoms with van der Waals surface area (Å²) in [5, 5.41) is 10.1. The number of aromatic nitrogens is 3. The van der Waals surface area contributed by atoms with Gasteiger partial charge in [-0.3, -0.25) is 4.79 Å².